The number of amides is 1. The molecule has 0 saturated heterocycles. The summed E-state index contributed by atoms with van der Waals surface area (Å²) in [4.78, 5) is 19.1. The van der Waals surface area contributed by atoms with E-state index < -0.39 is 0 Å². The van der Waals surface area contributed by atoms with Crippen molar-refractivity contribution in [3.8, 4) is 22.0 Å². The van der Waals surface area contributed by atoms with E-state index in [1.807, 2.05) is 47.8 Å². The fourth-order valence-corrected chi connectivity index (χ4v) is 5.20. The average Bonchev–Trinajstić information content (AvgIpc) is 3.53. The molecule has 9 heteroatoms. The molecule has 3 aromatic heterocycles. The quantitative estimate of drug-likeness (QED) is 0.305. The lowest BCUT2D eigenvalue weighted by Crippen LogP contribution is -2.13. The Morgan fingerprint density at radius 3 is 2.81 bits per heavy atom. The van der Waals surface area contributed by atoms with E-state index in [4.69, 9.17) is 4.42 Å². The largest absolute Gasteiger partial charge is 0.411 e. The SMILES string of the molecule is Cc1ccc(-c2csc(NC(=O)CSc3nnc(-c4ccc5ccccc5c4)o3)n2)s1. The van der Waals surface area contributed by atoms with Crippen LogP contribution in [0, 0.1) is 6.92 Å². The number of nitrogens with zero attached hydrogens (tertiary/aromatic N) is 3. The van der Waals surface area contributed by atoms with Gasteiger partial charge in [0.15, 0.2) is 5.13 Å². The van der Waals surface area contributed by atoms with Crippen molar-refractivity contribution in [1.29, 1.82) is 0 Å². The van der Waals surface area contributed by atoms with Crippen molar-refractivity contribution in [2.45, 2.75) is 12.1 Å². The number of thioether (sulfide) groups is 1. The van der Waals surface area contributed by atoms with Crippen LogP contribution in [0.25, 0.3) is 32.8 Å². The highest BCUT2D eigenvalue weighted by Crippen LogP contribution is 2.31. The van der Waals surface area contributed by atoms with Gasteiger partial charge >= 0.3 is 0 Å². The van der Waals surface area contributed by atoms with E-state index in [0.717, 1.165) is 26.9 Å². The van der Waals surface area contributed by atoms with Crippen molar-refractivity contribution in [2.24, 2.45) is 0 Å². The molecule has 5 aromatic rings. The van der Waals surface area contributed by atoms with Gasteiger partial charge in [-0.15, -0.1) is 32.9 Å². The standard InChI is InChI=1S/C22H16N4O2S3/c1-13-6-9-18(31-13)17-11-29-21(23-17)24-19(27)12-30-22-26-25-20(28-22)16-8-7-14-4-2-3-5-15(14)10-16/h2-11H,12H2,1H3,(H,23,24,27). The van der Waals surface area contributed by atoms with E-state index in [1.165, 1.54) is 28.0 Å². The fraction of sp³-hybridized carbons (Fsp3) is 0.0909. The van der Waals surface area contributed by atoms with Gasteiger partial charge in [-0.05, 0) is 42.0 Å². The van der Waals surface area contributed by atoms with Crippen LogP contribution >= 0.6 is 34.4 Å². The molecule has 0 fully saturated rings. The van der Waals surface area contributed by atoms with Crippen LogP contribution in [0.5, 0.6) is 0 Å². The predicted octanol–water partition coefficient (Wildman–Crippen LogP) is 6.11. The molecule has 0 aliphatic rings. The van der Waals surface area contributed by atoms with Crippen molar-refractivity contribution >= 4 is 56.2 Å². The van der Waals surface area contributed by atoms with Gasteiger partial charge in [0, 0.05) is 15.8 Å². The van der Waals surface area contributed by atoms with Crippen LogP contribution in [0.2, 0.25) is 0 Å². The van der Waals surface area contributed by atoms with Crippen LogP contribution in [0.3, 0.4) is 0 Å². The van der Waals surface area contributed by atoms with Crippen LogP contribution in [-0.4, -0.2) is 26.8 Å². The third-order valence-corrected chi connectivity index (χ3v) is 7.07. The van der Waals surface area contributed by atoms with E-state index in [2.05, 4.69) is 39.6 Å². The number of thiazole rings is 1. The normalized spacial score (nSPS) is 11.1. The number of carbonyl (C=O) groups excluding carboxylic acids is 1. The number of aromatic nitrogens is 3. The van der Waals surface area contributed by atoms with Crippen LogP contribution in [-0.2, 0) is 4.79 Å². The number of rotatable bonds is 6. The zero-order chi connectivity index (χ0) is 21.2. The minimum atomic E-state index is -0.168. The number of fused-ring (bicyclic) bond motifs is 1. The Kier molecular flexibility index (Phi) is 5.54. The average molecular weight is 465 g/mol. The summed E-state index contributed by atoms with van der Waals surface area (Å²) in [6, 6.07) is 18.2. The number of carbonyl (C=O) groups is 1. The molecule has 0 saturated carbocycles. The van der Waals surface area contributed by atoms with E-state index >= 15 is 0 Å². The first-order valence-electron chi connectivity index (χ1n) is 9.42. The first-order chi connectivity index (χ1) is 15.1. The van der Waals surface area contributed by atoms with E-state index in [0.29, 0.717) is 16.2 Å². The van der Waals surface area contributed by atoms with Crippen molar-refractivity contribution in [2.75, 3.05) is 11.1 Å². The maximum absolute atomic E-state index is 12.3. The van der Waals surface area contributed by atoms with Gasteiger partial charge in [0.1, 0.15) is 0 Å². The Morgan fingerprint density at radius 1 is 1.10 bits per heavy atom. The molecule has 0 spiro atoms. The van der Waals surface area contributed by atoms with Gasteiger partial charge in [0.25, 0.3) is 5.22 Å². The number of aryl methyl sites for hydroxylation is 1. The molecule has 1 amide bonds. The highest BCUT2D eigenvalue weighted by atomic mass is 32.2. The van der Waals surface area contributed by atoms with Gasteiger partial charge in [-0.1, -0.05) is 42.1 Å². The molecule has 2 aromatic carbocycles. The molecular weight excluding hydrogens is 448 g/mol. The number of thiophene rings is 1. The predicted molar refractivity (Wildman–Crippen MR) is 127 cm³/mol. The highest BCUT2D eigenvalue weighted by Gasteiger charge is 2.13. The molecule has 1 N–H and O–H groups in total. The number of benzene rings is 2. The number of hydrogen-bond acceptors (Lipinski definition) is 8. The highest BCUT2D eigenvalue weighted by molar-refractivity contribution is 7.99. The maximum atomic E-state index is 12.3. The Bertz CT molecular complexity index is 1370. The first-order valence-corrected chi connectivity index (χ1v) is 12.1. The lowest BCUT2D eigenvalue weighted by atomic mass is 10.1. The van der Waals surface area contributed by atoms with Gasteiger partial charge in [-0.25, -0.2) is 4.98 Å². The van der Waals surface area contributed by atoms with Crippen LogP contribution < -0.4 is 5.32 Å². The van der Waals surface area contributed by atoms with E-state index in [9.17, 15) is 4.79 Å². The summed E-state index contributed by atoms with van der Waals surface area (Å²) >= 11 is 4.29. The molecule has 0 bridgehead atoms. The molecule has 6 nitrogen and oxygen atoms in total. The van der Waals surface area contributed by atoms with Gasteiger partial charge < -0.3 is 9.73 Å². The van der Waals surface area contributed by atoms with Crippen LogP contribution in [0.15, 0.2) is 69.6 Å². The summed E-state index contributed by atoms with van der Waals surface area (Å²) in [7, 11) is 0. The summed E-state index contributed by atoms with van der Waals surface area (Å²) in [5.74, 6) is 0.426. The zero-order valence-corrected chi connectivity index (χ0v) is 18.8. The lowest BCUT2D eigenvalue weighted by Gasteiger charge is -2.00. The van der Waals surface area contributed by atoms with Gasteiger partial charge in [0.05, 0.1) is 16.3 Å². The summed E-state index contributed by atoms with van der Waals surface area (Å²) < 4.78 is 5.73. The molecular formula is C22H16N4O2S3. The molecule has 154 valence electrons. The van der Waals surface area contributed by atoms with E-state index in [-0.39, 0.29) is 11.7 Å². The molecule has 0 aliphatic heterocycles. The molecule has 0 atom stereocenters. The minimum absolute atomic E-state index is 0.159. The zero-order valence-electron chi connectivity index (χ0n) is 16.4. The Labute approximate surface area is 190 Å². The summed E-state index contributed by atoms with van der Waals surface area (Å²) in [6.07, 6.45) is 0. The fourth-order valence-electron chi connectivity index (χ4n) is 3.01. The van der Waals surface area contributed by atoms with Crippen molar-refractivity contribution in [3.05, 3.63) is 64.9 Å². The number of nitrogens with one attached hydrogen (secondary N) is 1. The molecule has 0 aliphatic carbocycles. The molecule has 31 heavy (non-hydrogen) atoms. The monoisotopic (exact) mass is 464 g/mol. The Morgan fingerprint density at radius 2 is 1.97 bits per heavy atom. The van der Waals surface area contributed by atoms with Crippen molar-refractivity contribution in [1.82, 2.24) is 15.2 Å². The third-order valence-electron chi connectivity index (χ3n) is 4.47. The van der Waals surface area contributed by atoms with Gasteiger partial charge in [0.2, 0.25) is 11.8 Å². The molecule has 0 radical (unpaired) electrons. The summed E-state index contributed by atoms with van der Waals surface area (Å²) in [5, 5.41) is 16.1. The Balaban J connectivity index is 1.20. The van der Waals surface area contributed by atoms with Crippen molar-refractivity contribution in [3.63, 3.8) is 0 Å². The second-order valence-electron chi connectivity index (χ2n) is 6.72. The topological polar surface area (TPSA) is 80.9 Å². The third kappa shape index (κ3) is 4.53. The molecule has 3 heterocycles. The number of anilines is 1. The molecule has 5 rings (SSSR count). The molecule has 0 unspecified atom stereocenters. The summed E-state index contributed by atoms with van der Waals surface area (Å²) in [5.41, 5.74) is 1.73. The minimum Gasteiger partial charge on any atom is -0.411 e. The smallest absolute Gasteiger partial charge is 0.277 e. The summed E-state index contributed by atoms with van der Waals surface area (Å²) in [6.45, 7) is 2.06. The number of hydrogen-bond donors (Lipinski definition) is 1. The lowest BCUT2D eigenvalue weighted by molar-refractivity contribution is -0.113. The van der Waals surface area contributed by atoms with Gasteiger partial charge in [-0.2, -0.15) is 0 Å². The first kappa shape index (κ1) is 19.9. The maximum Gasteiger partial charge on any atom is 0.277 e. The Hall–Kier alpha value is -3.01. The second-order valence-corrected chi connectivity index (χ2v) is 9.79. The second kappa shape index (κ2) is 8.62. The van der Waals surface area contributed by atoms with Crippen LogP contribution in [0.1, 0.15) is 4.88 Å². The van der Waals surface area contributed by atoms with Gasteiger partial charge in [-0.3, -0.25) is 4.79 Å². The van der Waals surface area contributed by atoms with Crippen LogP contribution in [0.4, 0.5) is 5.13 Å². The van der Waals surface area contributed by atoms with E-state index in [1.54, 1.807) is 11.3 Å². The van der Waals surface area contributed by atoms with Crippen molar-refractivity contribution < 1.29 is 9.21 Å².